The third-order valence-corrected chi connectivity index (χ3v) is 7.63. The highest BCUT2D eigenvalue weighted by Gasteiger charge is 2.41. The molecule has 1 amide bonds. The fourth-order valence-electron chi connectivity index (χ4n) is 3.19. The van der Waals surface area contributed by atoms with Crippen molar-refractivity contribution in [3.8, 4) is 5.75 Å². The lowest BCUT2D eigenvalue weighted by Gasteiger charge is -2.21. The number of rotatable bonds is 10. The van der Waals surface area contributed by atoms with Gasteiger partial charge < -0.3 is 24.4 Å². The van der Waals surface area contributed by atoms with Gasteiger partial charge in [0.2, 0.25) is 12.7 Å². The third kappa shape index (κ3) is 7.32. The summed E-state index contributed by atoms with van der Waals surface area (Å²) in [5.74, 6) is -0.170. The second-order valence-electron chi connectivity index (χ2n) is 7.72. The zero-order chi connectivity index (χ0) is 26.3. The van der Waals surface area contributed by atoms with Gasteiger partial charge in [-0.25, -0.2) is 4.79 Å². The van der Waals surface area contributed by atoms with Gasteiger partial charge in [0.1, 0.15) is 5.75 Å². The molecule has 3 aromatic rings. The number of ether oxygens (including phenoxy) is 3. The first kappa shape index (κ1) is 27.7. The molecule has 2 unspecified atom stereocenters. The van der Waals surface area contributed by atoms with Crippen molar-refractivity contribution < 1.29 is 37.8 Å². The number of hydrogen-bond acceptors (Lipinski definition) is 8. The van der Waals surface area contributed by atoms with E-state index in [-0.39, 0.29) is 5.56 Å². The molecule has 2 atom stereocenters. The predicted octanol–water partition coefficient (Wildman–Crippen LogP) is 6.11. The fraction of sp³-hybridized carbons (Fsp3) is 0.250. The van der Waals surface area contributed by atoms with Crippen LogP contribution in [0.5, 0.6) is 5.75 Å². The summed E-state index contributed by atoms with van der Waals surface area (Å²) in [6.07, 6.45) is 1.44. The number of amides is 1. The van der Waals surface area contributed by atoms with Crippen molar-refractivity contribution in [2.75, 3.05) is 13.9 Å². The number of fused-ring (bicyclic) bond motifs is 1. The van der Waals surface area contributed by atoms with E-state index in [9.17, 15) is 19.0 Å². The number of halogens is 1. The molecular formula is C24H25ClNO8PS. The number of hydrogen-bond donors (Lipinski definition) is 2. The molecule has 0 aliphatic heterocycles. The molecule has 12 heteroatoms. The van der Waals surface area contributed by atoms with Crippen LogP contribution in [0.3, 0.4) is 0 Å². The van der Waals surface area contributed by atoms with Crippen molar-refractivity contribution in [3.05, 3.63) is 70.2 Å². The van der Waals surface area contributed by atoms with E-state index in [1.165, 1.54) is 24.6 Å². The molecule has 0 radical (unpaired) electrons. The molecule has 1 heterocycles. The van der Waals surface area contributed by atoms with E-state index in [0.717, 1.165) is 10.3 Å². The number of carbonyl (C=O) groups excluding carboxylic acids is 2. The summed E-state index contributed by atoms with van der Waals surface area (Å²) in [7, 11) is -3.18. The maximum atomic E-state index is 13.3. The molecule has 0 aliphatic rings. The molecule has 192 valence electrons. The topological polar surface area (TPSA) is 120 Å². The minimum Gasteiger partial charge on any atom is -0.497 e. The van der Waals surface area contributed by atoms with Crippen molar-refractivity contribution >= 4 is 58.8 Å². The molecule has 2 N–H and O–H groups in total. The summed E-state index contributed by atoms with van der Waals surface area (Å²) >= 11 is 7.41. The van der Waals surface area contributed by atoms with Gasteiger partial charge in [-0.1, -0.05) is 23.7 Å². The van der Waals surface area contributed by atoms with Crippen LogP contribution in [0.25, 0.3) is 16.2 Å². The average Bonchev–Trinajstić information content (AvgIpc) is 3.21. The summed E-state index contributed by atoms with van der Waals surface area (Å²) in [4.78, 5) is 35.6. The Bertz CT molecular complexity index is 1310. The maximum absolute atomic E-state index is 13.3. The standard InChI is InChI=1S/C24H25ClNO8PS/c1-15(2)34-24(28)32-14-33-35(29,30)22(20-13-36-21-8-7-17(25)12-19(20)21)23(27)26-10-9-16-5-4-6-18(11-16)31-3/h4-13,15,22H,14H2,1-3H3,(H,26,27)(H,29,30). The SMILES string of the molecule is COc1cccc(C=CNC(=O)C(c2csc3ccc(Cl)cc23)P(=O)(O)OCOC(=O)OC(C)C)c1. The molecule has 0 spiro atoms. The average molecular weight is 554 g/mol. The molecule has 0 aliphatic carbocycles. The molecule has 0 saturated carbocycles. The largest absolute Gasteiger partial charge is 0.510 e. The van der Waals surface area contributed by atoms with Gasteiger partial charge in [0.25, 0.3) is 0 Å². The summed E-state index contributed by atoms with van der Waals surface area (Å²) in [5, 5.41) is 5.05. The summed E-state index contributed by atoms with van der Waals surface area (Å²) in [5.41, 5.74) is -0.649. The number of nitrogens with one attached hydrogen (secondary N) is 1. The van der Waals surface area contributed by atoms with Crippen molar-refractivity contribution in [3.63, 3.8) is 0 Å². The second-order valence-corrected chi connectivity index (χ2v) is 11.0. The minimum atomic E-state index is -4.72. The molecule has 2 aromatic carbocycles. The first-order chi connectivity index (χ1) is 17.1. The predicted molar refractivity (Wildman–Crippen MR) is 138 cm³/mol. The Morgan fingerprint density at radius 1 is 1.22 bits per heavy atom. The lowest BCUT2D eigenvalue weighted by Crippen LogP contribution is -2.26. The van der Waals surface area contributed by atoms with Gasteiger partial charge in [-0.3, -0.25) is 13.9 Å². The van der Waals surface area contributed by atoms with Crippen LogP contribution >= 0.6 is 30.5 Å². The lowest BCUT2D eigenvalue weighted by atomic mass is 10.1. The highest BCUT2D eigenvalue weighted by molar-refractivity contribution is 7.54. The van der Waals surface area contributed by atoms with E-state index in [1.807, 2.05) is 0 Å². The van der Waals surface area contributed by atoms with E-state index >= 15 is 0 Å². The lowest BCUT2D eigenvalue weighted by molar-refractivity contribution is -0.120. The first-order valence-corrected chi connectivity index (χ1v) is 13.6. The summed E-state index contributed by atoms with van der Waals surface area (Å²) in [6, 6.07) is 12.1. The van der Waals surface area contributed by atoms with Gasteiger partial charge >= 0.3 is 13.8 Å². The monoisotopic (exact) mass is 553 g/mol. The van der Waals surface area contributed by atoms with Gasteiger partial charge in [-0.15, -0.1) is 11.3 Å². The van der Waals surface area contributed by atoms with Gasteiger partial charge in [0.15, 0.2) is 5.66 Å². The van der Waals surface area contributed by atoms with Gasteiger partial charge in [-0.2, -0.15) is 0 Å². The highest BCUT2D eigenvalue weighted by atomic mass is 35.5. The van der Waals surface area contributed by atoms with Gasteiger partial charge in [0.05, 0.1) is 13.2 Å². The molecule has 0 fully saturated rings. The summed E-state index contributed by atoms with van der Waals surface area (Å²) in [6.45, 7) is 2.35. The third-order valence-electron chi connectivity index (χ3n) is 4.78. The van der Waals surface area contributed by atoms with Crippen LogP contribution < -0.4 is 10.1 Å². The fourth-order valence-corrected chi connectivity index (χ4v) is 5.72. The van der Waals surface area contributed by atoms with Crippen LogP contribution in [0.2, 0.25) is 5.02 Å². The van der Waals surface area contributed by atoms with Crippen LogP contribution in [0.4, 0.5) is 4.79 Å². The number of carbonyl (C=O) groups is 2. The maximum Gasteiger partial charge on any atom is 0.510 e. The zero-order valence-electron chi connectivity index (χ0n) is 19.7. The number of benzene rings is 2. The first-order valence-electron chi connectivity index (χ1n) is 10.7. The van der Waals surface area contributed by atoms with Crippen LogP contribution in [0.1, 0.15) is 30.6 Å². The molecule has 0 bridgehead atoms. The Labute approximate surface area is 217 Å². The smallest absolute Gasteiger partial charge is 0.497 e. The second kappa shape index (κ2) is 12.4. The normalized spacial score (nSPS) is 13.9. The van der Waals surface area contributed by atoms with E-state index in [1.54, 1.807) is 67.8 Å². The molecular weight excluding hydrogens is 529 g/mol. The Hall–Kier alpha value is -2.88. The molecule has 0 saturated heterocycles. The van der Waals surface area contributed by atoms with Crippen molar-refractivity contribution in [2.45, 2.75) is 25.6 Å². The quantitative estimate of drug-likeness (QED) is 0.175. The Morgan fingerprint density at radius 3 is 2.72 bits per heavy atom. The van der Waals surface area contributed by atoms with E-state index < -0.39 is 38.2 Å². The van der Waals surface area contributed by atoms with Gasteiger partial charge in [-0.05, 0) is 72.1 Å². The Kier molecular flexibility index (Phi) is 9.53. The molecule has 36 heavy (non-hydrogen) atoms. The highest BCUT2D eigenvalue weighted by Crippen LogP contribution is 2.58. The van der Waals surface area contributed by atoms with Crippen LogP contribution in [0.15, 0.2) is 54.0 Å². The Balaban J connectivity index is 1.85. The molecule has 1 aromatic heterocycles. The van der Waals surface area contributed by atoms with E-state index in [0.29, 0.717) is 16.2 Å². The minimum absolute atomic E-state index is 0.250. The Morgan fingerprint density at radius 2 is 2.00 bits per heavy atom. The molecule has 3 rings (SSSR count). The van der Waals surface area contributed by atoms with Crippen LogP contribution in [-0.2, 0) is 23.4 Å². The van der Waals surface area contributed by atoms with Crippen LogP contribution in [-0.4, -0.2) is 37.0 Å². The van der Waals surface area contributed by atoms with Crippen molar-refractivity contribution in [1.29, 1.82) is 0 Å². The number of methoxy groups -OCH3 is 1. The zero-order valence-corrected chi connectivity index (χ0v) is 22.1. The van der Waals surface area contributed by atoms with E-state index in [2.05, 4.69) is 5.32 Å². The number of thiophene rings is 1. The molecule has 9 nitrogen and oxygen atoms in total. The van der Waals surface area contributed by atoms with Crippen LogP contribution in [0, 0.1) is 0 Å². The van der Waals surface area contributed by atoms with Crippen molar-refractivity contribution in [1.82, 2.24) is 5.32 Å². The van der Waals surface area contributed by atoms with E-state index in [4.69, 9.17) is 30.3 Å². The van der Waals surface area contributed by atoms with Crippen molar-refractivity contribution in [2.24, 2.45) is 0 Å². The van der Waals surface area contributed by atoms with Gasteiger partial charge in [0, 0.05) is 15.9 Å². The summed E-state index contributed by atoms with van der Waals surface area (Å²) < 4.78 is 33.7.